The van der Waals surface area contributed by atoms with Crippen LogP contribution in [0.15, 0.2) is 187 Å². The monoisotopic (exact) mass is 769 g/mol. The molecule has 57 heavy (non-hydrogen) atoms. The number of thiophene rings is 1. The minimum atomic E-state index is -0.903. The topological polar surface area (TPSA) is 48.5 Å². The molecule has 0 unspecified atom stereocenters. The Bertz CT molecular complexity index is 4670. The number of hydrogen-bond donors (Lipinski definition) is 0. The second kappa shape index (κ2) is 12.6. The van der Waals surface area contributed by atoms with Gasteiger partial charge in [-0.3, -0.25) is 9.13 Å². The maximum atomic E-state index is 10.1. The molecule has 4 heterocycles. The minimum Gasteiger partial charge on any atom is -0.278 e. The lowest BCUT2D eigenvalue weighted by molar-refractivity contribution is 0.893. The van der Waals surface area contributed by atoms with E-state index in [2.05, 4.69) is 0 Å². The average molecular weight is 770 g/mol. The lowest BCUT2D eigenvalue weighted by atomic mass is 10.0. The zero-order valence-electron chi connectivity index (χ0n) is 52.7. The van der Waals surface area contributed by atoms with E-state index in [1.807, 2.05) is 30.3 Å². The number of rotatable bonds is 5. The number of hydrogen-bond acceptors (Lipinski definition) is 4. The van der Waals surface area contributed by atoms with Gasteiger partial charge in [0.1, 0.15) is 0 Å². The molecule has 12 rings (SSSR count). The van der Waals surface area contributed by atoms with E-state index in [1.165, 1.54) is 11.3 Å². The zero-order chi connectivity index (χ0) is 58.3. The standard InChI is InChI=1S/C51H31N5S/c1-3-14-32(15-4-1)34-26-28-38-39-29-27-35(33-16-5-2-6-17-33)31-46(39)56(45(38)30-34)51-53-49(42-22-13-21-41-40-20-9-12-25-47(40)57-48(41)42)52-50(54-51)55-43-23-10-7-18-36(43)37-19-8-11-24-44(37)55/h1-31H/i1D,2D,3D,4D,5D,6D,7D,8D,10D,11D,14D,15D,16D,17D,18D,19D,23D,24D,26D,27D,28D,29D,30D,31D. The van der Waals surface area contributed by atoms with Crippen LogP contribution in [-0.4, -0.2) is 24.1 Å². The average Bonchev–Trinajstić information content (AvgIpc) is 4.18. The first-order valence-corrected chi connectivity index (χ1v) is 18.0. The summed E-state index contributed by atoms with van der Waals surface area (Å²) >= 11 is 1.31. The van der Waals surface area contributed by atoms with Gasteiger partial charge in [0.25, 0.3) is 0 Å². The molecule has 0 saturated heterocycles. The fourth-order valence-electron chi connectivity index (χ4n) is 7.02. The Kier molecular flexibility index (Phi) is 3.61. The van der Waals surface area contributed by atoms with E-state index < -0.39 is 212 Å². The van der Waals surface area contributed by atoms with Crippen molar-refractivity contribution in [1.29, 1.82) is 0 Å². The van der Waals surface area contributed by atoms with Crippen molar-refractivity contribution >= 4 is 75.1 Å². The summed E-state index contributed by atoms with van der Waals surface area (Å²) in [7, 11) is 0. The van der Waals surface area contributed by atoms with Gasteiger partial charge in [-0.25, -0.2) is 0 Å². The highest BCUT2D eigenvalue weighted by Gasteiger charge is 2.22. The number of aromatic nitrogens is 5. The number of fused-ring (bicyclic) bond motifs is 9. The molecule has 0 N–H and O–H groups in total. The van der Waals surface area contributed by atoms with Crippen molar-refractivity contribution in [2.45, 2.75) is 0 Å². The lowest BCUT2D eigenvalue weighted by Gasteiger charge is -2.13. The van der Waals surface area contributed by atoms with Crippen molar-refractivity contribution in [1.82, 2.24) is 24.1 Å². The molecule has 0 radical (unpaired) electrons. The predicted molar refractivity (Wildman–Crippen MR) is 238 cm³/mol. The molecule has 5 nitrogen and oxygen atoms in total. The summed E-state index contributed by atoms with van der Waals surface area (Å²) in [5, 5.41) is -0.270. The summed E-state index contributed by atoms with van der Waals surface area (Å²) in [4.78, 5) is 14.7. The Labute approximate surface area is 365 Å². The van der Waals surface area contributed by atoms with Crippen LogP contribution in [0.1, 0.15) is 32.9 Å². The van der Waals surface area contributed by atoms with Crippen molar-refractivity contribution in [3.8, 4) is 45.5 Å². The molecule has 0 fully saturated rings. The summed E-state index contributed by atoms with van der Waals surface area (Å²) < 4.78 is 220. The van der Waals surface area contributed by atoms with Crippen LogP contribution in [0.5, 0.6) is 0 Å². The molecule has 0 aliphatic heterocycles. The Morgan fingerprint density at radius 3 is 1.53 bits per heavy atom. The van der Waals surface area contributed by atoms with Gasteiger partial charge in [0, 0.05) is 47.3 Å². The van der Waals surface area contributed by atoms with E-state index in [0.717, 1.165) is 19.2 Å². The Morgan fingerprint density at radius 1 is 0.404 bits per heavy atom. The van der Waals surface area contributed by atoms with E-state index in [0.29, 0.717) is 10.1 Å². The van der Waals surface area contributed by atoms with Crippen LogP contribution in [0.3, 0.4) is 0 Å². The van der Waals surface area contributed by atoms with Gasteiger partial charge < -0.3 is 0 Å². The molecule has 6 heteroatoms. The van der Waals surface area contributed by atoms with Crippen LogP contribution in [0, 0.1) is 0 Å². The first-order chi connectivity index (χ1) is 38.3. The van der Waals surface area contributed by atoms with Gasteiger partial charge in [-0.15, -0.1) is 11.3 Å². The third-order valence-electron chi connectivity index (χ3n) is 9.47. The Balaban J connectivity index is 1.37. The third kappa shape index (κ3) is 4.98. The van der Waals surface area contributed by atoms with Crippen LogP contribution < -0.4 is 0 Å². The van der Waals surface area contributed by atoms with Crippen LogP contribution >= 0.6 is 11.3 Å². The zero-order valence-corrected chi connectivity index (χ0v) is 29.5. The van der Waals surface area contributed by atoms with Gasteiger partial charge >= 0.3 is 0 Å². The molecule has 266 valence electrons. The fourth-order valence-corrected chi connectivity index (χ4v) is 8.23. The highest BCUT2D eigenvalue weighted by atomic mass is 32.1. The maximum absolute atomic E-state index is 10.1. The van der Waals surface area contributed by atoms with E-state index in [9.17, 15) is 11.0 Å². The summed E-state index contributed by atoms with van der Waals surface area (Å²) in [6.45, 7) is 0. The molecule has 0 atom stereocenters. The van der Waals surface area contributed by atoms with Crippen molar-refractivity contribution in [2.24, 2.45) is 0 Å². The van der Waals surface area contributed by atoms with Crippen LogP contribution in [0.2, 0.25) is 0 Å². The summed E-state index contributed by atoms with van der Waals surface area (Å²) in [6, 6.07) is -7.44. The van der Waals surface area contributed by atoms with Crippen LogP contribution in [0.25, 0.3) is 109 Å². The molecular weight excluding hydrogens is 715 g/mol. The smallest absolute Gasteiger partial charge is 0.240 e. The quantitative estimate of drug-likeness (QED) is 0.175. The van der Waals surface area contributed by atoms with Crippen molar-refractivity contribution in [3.63, 3.8) is 0 Å². The largest absolute Gasteiger partial charge is 0.278 e. The molecule has 0 bridgehead atoms. The maximum Gasteiger partial charge on any atom is 0.240 e. The minimum absolute atomic E-state index is 0.255. The second-order valence-electron chi connectivity index (χ2n) is 12.6. The third-order valence-corrected chi connectivity index (χ3v) is 10.7. The molecule has 12 aromatic rings. The Morgan fingerprint density at radius 2 is 0.912 bits per heavy atom. The molecular formula is C51H31N5S. The fraction of sp³-hybridized carbons (Fsp3) is 0. The van der Waals surface area contributed by atoms with Gasteiger partial charge in [-0.1, -0.05) is 151 Å². The van der Waals surface area contributed by atoms with Gasteiger partial charge in [0.05, 0.1) is 55.0 Å². The van der Waals surface area contributed by atoms with Gasteiger partial charge in [0.2, 0.25) is 11.9 Å². The lowest BCUT2D eigenvalue weighted by Crippen LogP contribution is -2.10. The number of benzene rings is 8. The molecule has 0 amide bonds. The van der Waals surface area contributed by atoms with E-state index in [4.69, 9.17) is 36.9 Å². The van der Waals surface area contributed by atoms with Gasteiger partial charge in [0.15, 0.2) is 5.82 Å². The molecule has 0 aliphatic carbocycles. The number of para-hydroxylation sites is 2. The first-order valence-electron chi connectivity index (χ1n) is 29.2. The second-order valence-corrected chi connectivity index (χ2v) is 13.7. The summed E-state index contributed by atoms with van der Waals surface area (Å²) in [6.07, 6.45) is 0. The highest BCUT2D eigenvalue weighted by molar-refractivity contribution is 7.26. The summed E-state index contributed by atoms with van der Waals surface area (Å²) in [5.74, 6) is -1.60. The molecule has 0 aliphatic rings. The first kappa shape index (κ1) is 16.4. The molecule has 0 saturated carbocycles. The van der Waals surface area contributed by atoms with Crippen molar-refractivity contribution in [3.05, 3.63) is 187 Å². The summed E-state index contributed by atoms with van der Waals surface area (Å²) in [5.41, 5.74) is -4.67. The molecule has 8 aromatic carbocycles. The predicted octanol–water partition coefficient (Wildman–Crippen LogP) is 13.4. The van der Waals surface area contributed by atoms with Crippen molar-refractivity contribution in [2.75, 3.05) is 0 Å². The van der Waals surface area contributed by atoms with Crippen LogP contribution in [-0.2, 0) is 0 Å². The Hall–Kier alpha value is -7.41. The molecule has 4 aromatic heterocycles. The van der Waals surface area contributed by atoms with Gasteiger partial charge in [-0.05, 0) is 58.6 Å². The number of nitrogens with zero attached hydrogens (tertiary/aromatic N) is 5. The SMILES string of the molecule is [2H]c1c([2H])c([2H])c(-c2c([2H])c([2H])c3c4c([2H])c([2H])c(-c5c([2H])c([2H])c([2H])c([2H])c5[2H])c([2H])c4n(-c4nc(-c5cccc6c5sc5ccccc56)nc(-n5c6c([2H])c([2H])c([2H])c([2H])c6c6c([2H])c([2H])c([2H])c([2H])c65)n4)c3c2[2H])c([2H])c1[2H]. The van der Waals surface area contributed by atoms with Gasteiger partial charge in [-0.2, -0.15) is 15.0 Å². The van der Waals surface area contributed by atoms with E-state index in [-0.39, 0.29) is 22.2 Å². The van der Waals surface area contributed by atoms with Crippen molar-refractivity contribution < 1.29 is 32.9 Å². The van der Waals surface area contributed by atoms with E-state index in [1.54, 1.807) is 12.1 Å². The molecule has 0 spiro atoms. The highest BCUT2D eigenvalue weighted by Crippen LogP contribution is 2.41. The van der Waals surface area contributed by atoms with E-state index >= 15 is 0 Å². The van der Waals surface area contributed by atoms with Crippen LogP contribution in [0.4, 0.5) is 0 Å². The normalized spacial score (nSPS) is 17.8.